The lowest BCUT2D eigenvalue weighted by molar-refractivity contribution is 0.121. The second-order valence-electron chi connectivity index (χ2n) is 5.34. The Labute approximate surface area is 124 Å². The number of nitrogens with zero attached hydrogens (tertiary/aromatic N) is 1. The summed E-state index contributed by atoms with van der Waals surface area (Å²) in [7, 11) is 0. The highest BCUT2D eigenvalue weighted by atomic mass is 79.9. The normalized spacial score (nSPS) is 19.5. The molecule has 3 nitrogen and oxygen atoms in total. The molecule has 1 aromatic rings. The summed E-state index contributed by atoms with van der Waals surface area (Å²) in [6, 6.07) is 8.58. The van der Waals surface area contributed by atoms with E-state index in [1.54, 1.807) is 0 Å². The lowest BCUT2D eigenvalue weighted by Gasteiger charge is -2.22. The van der Waals surface area contributed by atoms with Gasteiger partial charge in [-0.15, -0.1) is 0 Å². The first-order chi connectivity index (χ1) is 9.15. The van der Waals surface area contributed by atoms with Gasteiger partial charge in [0.1, 0.15) is 0 Å². The molecule has 1 unspecified atom stereocenters. The van der Waals surface area contributed by atoms with Crippen LogP contribution >= 0.6 is 15.9 Å². The van der Waals surface area contributed by atoms with E-state index >= 15 is 0 Å². The molecule has 0 radical (unpaired) electrons. The number of likely N-dealkylation sites (tertiary alicyclic amines) is 1. The highest BCUT2D eigenvalue weighted by Crippen LogP contribution is 2.16. The van der Waals surface area contributed by atoms with E-state index in [1.807, 2.05) is 12.1 Å². The Balaban J connectivity index is 1.73. The minimum atomic E-state index is -0.281. The van der Waals surface area contributed by atoms with Crippen molar-refractivity contribution in [3.05, 3.63) is 34.3 Å². The third kappa shape index (κ3) is 4.88. The summed E-state index contributed by atoms with van der Waals surface area (Å²) in [6.07, 6.45) is 2.27. The summed E-state index contributed by atoms with van der Waals surface area (Å²) in [5.41, 5.74) is 1.25. The van der Waals surface area contributed by atoms with E-state index in [4.69, 9.17) is 0 Å². The van der Waals surface area contributed by atoms with Crippen molar-refractivity contribution in [2.24, 2.45) is 0 Å². The smallest absolute Gasteiger partial charge is 0.0791 e. The van der Waals surface area contributed by atoms with E-state index < -0.39 is 0 Å². The Morgan fingerprint density at radius 3 is 2.53 bits per heavy atom. The standard InChI is InChI=1S/C15H23BrN2O/c1-12(13-4-6-14(16)7-5-13)17-10-15(19)11-18-8-2-3-9-18/h4-7,12,15,17,19H,2-3,8-11H2,1H3/t12-,15?/m0/s1. The summed E-state index contributed by atoms with van der Waals surface area (Å²) in [6.45, 7) is 5.85. The predicted octanol–water partition coefficient (Wildman–Crippen LogP) is 2.56. The molecule has 0 amide bonds. The molecule has 0 spiro atoms. The summed E-state index contributed by atoms with van der Waals surface area (Å²) in [5.74, 6) is 0. The van der Waals surface area contributed by atoms with Crippen LogP contribution in [-0.4, -0.2) is 42.3 Å². The number of β-amino-alcohol motifs (C(OH)–C–C–N with tert-alkyl or cyclic N) is 1. The van der Waals surface area contributed by atoms with Gasteiger partial charge in [0.2, 0.25) is 0 Å². The first-order valence-corrected chi connectivity index (χ1v) is 7.83. The fourth-order valence-corrected chi connectivity index (χ4v) is 2.77. The van der Waals surface area contributed by atoms with Crippen LogP contribution in [0.3, 0.4) is 0 Å². The Morgan fingerprint density at radius 1 is 1.26 bits per heavy atom. The van der Waals surface area contributed by atoms with Gasteiger partial charge in [0, 0.05) is 23.6 Å². The third-order valence-corrected chi connectivity index (χ3v) is 4.23. The Morgan fingerprint density at radius 2 is 1.89 bits per heavy atom. The van der Waals surface area contributed by atoms with Crippen LogP contribution in [0.1, 0.15) is 31.4 Å². The Kier molecular flexibility index (Phi) is 5.82. The largest absolute Gasteiger partial charge is 0.390 e. The molecule has 2 rings (SSSR count). The maximum absolute atomic E-state index is 10.0. The number of halogens is 1. The van der Waals surface area contributed by atoms with Crippen molar-refractivity contribution in [3.8, 4) is 0 Å². The molecule has 1 fully saturated rings. The highest BCUT2D eigenvalue weighted by Gasteiger charge is 2.16. The quantitative estimate of drug-likeness (QED) is 0.843. The van der Waals surface area contributed by atoms with Gasteiger partial charge >= 0.3 is 0 Å². The molecular weight excluding hydrogens is 304 g/mol. The van der Waals surface area contributed by atoms with E-state index in [9.17, 15) is 5.11 Å². The number of hydrogen-bond acceptors (Lipinski definition) is 3. The van der Waals surface area contributed by atoms with Gasteiger partial charge in [0.25, 0.3) is 0 Å². The molecular formula is C15H23BrN2O. The van der Waals surface area contributed by atoms with Crippen molar-refractivity contribution >= 4 is 15.9 Å². The zero-order valence-electron chi connectivity index (χ0n) is 11.5. The van der Waals surface area contributed by atoms with E-state index in [1.165, 1.54) is 18.4 Å². The van der Waals surface area contributed by atoms with E-state index in [2.05, 4.69) is 45.2 Å². The fourth-order valence-electron chi connectivity index (χ4n) is 2.51. The van der Waals surface area contributed by atoms with Gasteiger partial charge in [-0.25, -0.2) is 0 Å². The monoisotopic (exact) mass is 326 g/mol. The molecule has 0 aromatic heterocycles. The summed E-state index contributed by atoms with van der Waals surface area (Å²) >= 11 is 3.44. The number of aliphatic hydroxyl groups is 1. The van der Waals surface area contributed by atoms with Crippen LogP contribution in [0, 0.1) is 0 Å². The molecule has 1 aliphatic rings. The first-order valence-electron chi connectivity index (χ1n) is 7.04. The van der Waals surface area contributed by atoms with Crippen molar-refractivity contribution < 1.29 is 5.11 Å². The highest BCUT2D eigenvalue weighted by molar-refractivity contribution is 9.10. The van der Waals surface area contributed by atoms with Gasteiger partial charge in [-0.2, -0.15) is 0 Å². The molecule has 1 saturated heterocycles. The molecule has 2 atom stereocenters. The molecule has 0 aliphatic carbocycles. The molecule has 19 heavy (non-hydrogen) atoms. The second-order valence-corrected chi connectivity index (χ2v) is 6.26. The van der Waals surface area contributed by atoms with Crippen LogP contribution in [0.25, 0.3) is 0 Å². The van der Waals surface area contributed by atoms with E-state index in [0.29, 0.717) is 6.54 Å². The molecule has 1 aromatic carbocycles. The minimum Gasteiger partial charge on any atom is -0.390 e. The van der Waals surface area contributed by atoms with Crippen molar-refractivity contribution in [3.63, 3.8) is 0 Å². The van der Waals surface area contributed by atoms with Crippen LogP contribution in [0.2, 0.25) is 0 Å². The van der Waals surface area contributed by atoms with E-state index in [-0.39, 0.29) is 12.1 Å². The van der Waals surface area contributed by atoms with Gasteiger partial charge in [-0.05, 0) is 50.6 Å². The average Bonchev–Trinajstić information content (AvgIpc) is 2.89. The zero-order valence-corrected chi connectivity index (χ0v) is 13.1. The van der Waals surface area contributed by atoms with Crippen molar-refractivity contribution in [2.45, 2.75) is 31.9 Å². The molecule has 106 valence electrons. The number of nitrogens with one attached hydrogen (secondary N) is 1. The fraction of sp³-hybridized carbons (Fsp3) is 0.600. The SMILES string of the molecule is C[C@H](NCC(O)CN1CCCC1)c1ccc(Br)cc1. The second kappa shape index (κ2) is 7.39. The topological polar surface area (TPSA) is 35.5 Å². The number of aliphatic hydroxyl groups excluding tert-OH is 1. The van der Waals surface area contributed by atoms with Gasteiger partial charge in [-0.1, -0.05) is 28.1 Å². The Hall–Kier alpha value is -0.420. The zero-order chi connectivity index (χ0) is 13.7. The minimum absolute atomic E-state index is 0.265. The van der Waals surface area contributed by atoms with E-state index in [0.717, 1.165) is 24.1 Å². The number of hydrogen-bond donors (Lipinski definition) is 2. The van der Waals surface area contributed by atoms with Crippen LogP contribution in [-0.2, 0) is 0 Å². The number of benzene rings is 1. The van der Waals surface area contributed by atoms with Crippen LogP contribution in [0.4, 0.5) is 0 Å². The molecule has 2 N–H and O–H groups in total. The lowest BCUT2D eigenvalue weighted by atomic mass is 10.1. The lowest BCUT2D eigenvalue weighted by Crippen LogP contribution is -2.37. The predicted molar refractivity (Wildman–Crippen MR) is 82.2 cm³/mol. The molecule has 0 saturated carbocycles. The van der Waals surface area contributed by atoms with Gasteiger partial charge in [0.05, 0.1) is 6.10 Å². The average molecular weight is 327 g/mol. The van der Waals surface area contributed by atoms with Crippen molar-refractivity contribution in [2.75, 3.05) is 26.2 Å². The van der Waals surface area contributed by atoms with Gasteiger partial charge in [-0.3, -0.25) is 0 Å². The maximum atomic E-state index is 10.0. The van der Waals surface area contributed by atoms with Crippen molar-refractivity contribution in [1.29, 1.82) is 0 Å². The van der Waals surface area contributed by atoms with Crippen LogP contribution in [0.15, 0.2) is 28.7 Å². The van der Waals surface area contributed by atoms with Gasteiger partial charge in [0.15, 0.2) is 0 Å². The summed E-state index contributed by atoms with van der Waals surface area (Å²) < 4.78 is 1.09. The summed E-state index contributed by atoms with van der Waals surface area (Å²) in [4.78, 5) is 2.34. The maximum Gasteiger partial charge on any atom is 0.0791 e. The third-order valence-electron chi connectivity index (χ3n) is 3.70. The van der Waals surface area contributed by atoms with Crippen molar-refractivity contribution in [1.82, 2.24) is 10.2 Å². The summed E-state index contributed by atoms with van der Waals surface area (Å²) in [5, 5.41) is 13.4. The molecule has 4 heteroatoms. The molecule has 1 aliphatic heterocycles. The molecule has 1 heterocycles. The Bertz CT molecular complexity index is 376. The van der Waals surface area contributed by atoms with Crippen LogP contribution < -0.4 is 5.32 Å². The number of rotatable bonds is 6. The van der Waals surface area contributed by atoms with Crippen LogP contribution in [0.5, 0.6) is 0 Å². The van der Waals surface area contributed by atoms with Gasteiger partial charge < -0.3 is 15.3 Å². The first kappa shape index (κ1) is 15.0. The molecule has 0 bridgehead atoms.